The Balaban J connectivity index is 2.77. The van der Waals surface area contributed by atoms with Crippen LogP contribution in [0.4, 0.5) is 13.2 Å². The number of carbonyl (C=O) groups is 1. The molecule has 1 N–H and O–H groups in total. The Hall–Kier alpha value is -1.30. The summed E-state index contributed by atoms with van der Waals surface area (Å²) in [5, 5.41) is 1.65. The maximum atomic E-state index is 12.7. The number of pyridine rings is 1. The van der Waals surface area contributed by atoms with Gasteiger partial charge in [0.2, 0.25) is 0 Å². The van der Waals surface area contributed by atoms with Crippen LogP contribution in [0.2, 0.25) is 5.15 Å². The Bertz CT molecular complexity index is 373. The standard InChI is InChI=1S/C8H6ClF3N2O/c9-7-5(1-4(10)2-13-7)8(15)14-3-6(11)12/h1-2,6H,3H2,(H,14,15). The largest absolute Gasteiger partial charge is 0.346 e. The summed E-state index contributed by atoms with van der Waals surface area (Å²) in [7, 11) is 0. The van der Waals surface area contributed by atoms with E-state index in [9.17, 15) is 18.0 Å². The molecule has 1 aromatic rings. The zero-order valence-electron chi connectivity index (χ0n) is 7.31. The van der Waals surface area contributed by atoms with E-state index in [1.165, 1.54) is 0 Å². The van der Waals surface area contributed by atoms with Crippen LogP contribution in [0.5, 0.6) is 0 Å². The van der Waals surface area contributed by atoms with E-state index >= 15 is 0 Å². The van der Waals surface area contributed by atoms with Crippen LogP contribution in [0.3, 0.4) is 0 Å². The molecule has 1 amide bonds. The lowest BCUT2D eigenvalue weighted by Crippen LogP contribution is -2.28. The van der Waals surface area contributed by atoms with Gasteiger partial charge in [-0.05, 0) is 6.07 Å². The fourth-order valence-corrected chi connectivity index (χ4v) is 1.04. The maximum Gasteiger partial charge on any atom is 0.255 e. The Morgan fingerprint density at radius 2 is 2.27 bits per heavy atom. The summed E-state index contributed by atoms with van der Waals surface area (Å²) in [5.41, 5.74) is -0.266. The van der Waals surface area contributed by atoms with Crippen molar-refractivity contribution < 1.29 is 18.0 Å². The smallest absolute Gasteiger partial charge is 0.255 e. The van der Waals surface area contributed by atoms with E-state index in [0.717, 1.165) is 12.3 Å². The number of rotatable bonds is 3. The van der Waals surface area contributed by atoms with Crippen LogP contribution in [-0.4, -0.2) is 23.9 Å². The number of nitrogens with one attached hydrogen (secondary N) is 1. The number of halogens is 4. The lowest BCUT2D eigenvalue weighted by Gasteiger charge is -2.05. The number of amides is 1. The van der Waals surface area contributed by atoms with Gasteiger partial charge in [-0.1, -0.05) is 11.6 Å². The van der Waals surface area contributed by atoms with Crippen molar-refractivity contribution in [2.45, 2.75) is 6.43 Å². The molecule has 0 saturated carbocycles. The topological polar surface area (TPSA) is 42.0 Å². The highest BCUT2D eigenvalue weighted by atomic mass is 35.5. The third-order valence-electron chi connectivity index (χ3n) is 1.47. The number of hydrogen-bond donors (Lipinski definition) is 1. The number of hydrogen-bond acceptors (Lipinski definition) is 2. The highest BCUT2D eigenvalue weighted by Crippen LogP contribution is 2.13. The first kappa shape index (κ1) is 11.8. The molecule has 0 saturated heterocycles. The zero-order valence-corrected chi connectivity index (χ0v) is 8.06. The van der Waals surface area contributed by atoms with Crippen LogP contribution in [0.25, 0.3) is 0 Å². The van der Waals surface area contributed by atoms with Crippen LogP contribution < -0.4 is 5.32 Å². The highest BCUT2D eigenvalue weighted by Gasteiger charge is 2.13. The minimum Gasteiger partial charge on any atom is -0.346 e. The summed E-state index contributed by atoms with van der Waals surface area (Å²) >= 11 is 5.48. The molecule has 0 aliphatic heterocycles. The van der Waals surface area contributed by atoms with Gasteiger partial charge in [0.05, 0.1) is 18.3 Å². The molecule has 0 aromatic carbocycles. The van der Waals surface area contributed by atoms with Gasteiger partial charge in [0.25, 0.3) is 12.3 Å². The third kappa shape index (κ3) is 3.39. The van der Waals surface area contributed by atoms with Gasteiger partial charge in [-0.15, -0.1) is 0 Å². The minimum absolute atomic E-state index is 0.233. The van der Waals surface area contributed by atoms with Gasteiger partial charge >= 0.3 is 0 Å². The fourth-order valence-electron chi connectivity index (χ4n) is 0.847. The summed E-state index contributed by atoms with van der Waals surface area (Å²) in [5.74, 6) is -1.64. The van der Waals surface area contributed by atoms with E-state index in [1.54, 1.807) is 0 Å². The SMILES string of the molecule is O=C(NCC(F)F)c1cc(F)cnc1Cl. The van der Waals surface area contributed by atoms with Gasteiger partial charge in [-0.3, -0.25) is 4.79 Å². The second-order valence-corrected chi connectivity index (χ2v) is 2.95. The second kappa shape index (κ2) is 4.97. The van der Waals surface area contributed by atoms with Crippen molar-refractivity contribution in [3.8, 4) is 0 Å². The lowest BCUT2D eigenvalue weighted by atomic mass is 10.2. The molecule has 0 fully saturated rings. The van der Waals surface area contributed by atoms with Gasteiger partial charge < -0.3 is 5.32 Å². The van der Waals surface area contributed by atoms with Gasteiger partial charge in [0.15, 0.2) is 0 Å². The first-order valence-electron chi connectivity index (χ1n) is 3.88. The number of carbonyl (C=O) groups excluding carboxylic acids is 1. The molecular formula is C8H6ClF3N2O. The summed E-state index contributed by atoms with van der Waals surface area (Å²) < 4.78 is 36.2. The molecule has 0 atom stereocenters. The monoisotopic (exact) mass is 238 g/mol. The number of nitrogens with zero attached hydrogens (tertiary/aromatic N) is 1. The molecule has 82 valence electrons. The highest BCUT2D eigenvalue weighted by molar-refractivity contribution is 6.32. The first-order valence-corrected chi connectivity index (χ1v) is 4.26. The van der Waals surface area contributed by atoms with E-state index in [2.05, 4.69) is 4.98 Å². The van der Waals surface area contributed by atoms with Crippen LogP contribution in [0, 0.1) is 5.82 Å². The minimum atomic E-state index is -2.67. The normalized spacial score (nSPS) is 10.5. The number of aromatic nitrogens is 1. The molecule has 0 radical (unpaired) electrons. The van der Waals surface area contributed by atoms with Crippen molar-refractivity contribution in [3.05, 3.63) is 28.8 Å². The predicted molar refractivity (Wildman–Crippen MR) is 47.5 cm³/mol. The quantitative estimate of drug-likeness (QED) is 0.817. The van der Waals surface area contributed by atoms with Crippen LogP contribution in [0.15, 0.2) is 12.3 Å². The predicted octanol–water partition coefficient (Wildman–Crippen LogP) is 1.87. The Kier molecular flexibility index (Phi) is 3.90. The van der Waals surface area contributed by atoms with Gasteiger partial charge in [0.1, 0.15) is 11.0 Å². The molecular weight excluding hydrogens is 233 g/mol. The van der Waals surface area contributed by atoms with Crippen molar-refractivity contribution in [2.75, 3.05) is 6.54 Å². The molecule has 0 unspecified atom stereocenters. The summed E-state index contributed by atoms with van der Waals surface area (Å²) in [4.78, 5) is 14.6. The number of alkyl halides is 2. The molecule has 3 nitrogen and oxygen atoms in total. The Morgan fingerprint density at radius 1 is 1.60 bits per heavy atom. The molecule has 0 aliphatic rings. The van der Waals surface area contributed by atoms with Gasteiger partial charge in [-0.2, -0.15) is 0 Å². The van der Waals surface area contributed by atoms with Gasteiger partial charge in [0, 0.05) is 0 Å². The van der Waals surface area contributed by atoms with Crippen molar-refractivity contribution in [1.29, 1.82) is 0 Å². The molecule has 7 heteroatoms. The fraction of sp³-hybridized carbons (Fsp3) is 0.250. The van der Waals surface area contributed by atoms with E-state index in [0.29, 0.717) is 0 Å². The molecule has 1 rings (SSSR count). The Labute approximate surface area is 88.3 Å². The summed E-state index contributed by atoms with van der Waals surface area (Å²) in [6.07, 6.45) is -1.85. The van der Waals surface area contributed by atoms with Crippen molar-refractivity contribution >= 4 is 17.5 Å². The third-order valence-corrected chi connectivity index (χ3v) is 1.77. The molecule has 0 bridgehead atoms. The van der Waals surface area contributed by atoms with Crippen molar-refractivity contribution in [3.63, 3.8) is 0 Å². The molecule has 1 heterocycles. The second-order valence-electron chi connectivity index (χ2n) is 2.59. The molecule has 0 aliphatic carbocycles. The van der Waals surface area contributed by atoms with E-state index in [1.807, 2.05) is 5.32 Å². The maximum absolute atomic E-state index is 12.7. The van der Waals surface area contributed by atoms with E-state index in [-0.39, 0.29) is 10.7 Å². The lowest BCUT2D eigenvalue weighted by molar-refractivity contribution is 0.0891. The first-order chi connectivity index (χ1) is 7.00. The van der Waals surface area contributed by atoms with Crippen LogP contribution >= 0.6 is 11.6 Å². The van der Waals surface area contributed by atoms with Crippen LogP contribution in [0.1, 0.15) is 10.4 Å². The molecule has 0 spiro atoms. The summed E-state index contributed by atoms with van der Waals surface area (Å²) in [6.45, 7) is -0.814. The van der Waals surface area contributed by atoms with Crippen molar-refractivity contribution in [1.82, 2.24) is 10.3 Å². The summed E-state index contributed by atoms with van der Waals surface area (Å²) in [6, 6.07) is 0.830. The average molecular weight is 239 g/mol. The van der Waals surface area contributed by atoms with E-state index < -0.39 is 24.7 Å². The van der Waals surface area contributed by atoms with Crippen LogP contribution in [-0.2, 0) is 0 Å². The molecule has 1 aromatic heterocycles. The van der Waals surface area contributed by atoms with Gasteiger partial charge in [-0.25, -0.2) is 18.2 Å². The van der Waals surface area contributed by atoms with E-state index in [4.69, 9.17) is 11.6 Å². The average Bonchev–Trinajstić information content (AvgIpc) is 2.18. The Morgan fingerprint density at radius 3 is 2.87 bits per heavy atom. The zero-order chi connectivity index (χ0) is 11.4. The molecule has 15 heavy (non-hydrogen) atoms. The van der Waals surface area contributed by atoms with Crippen molar-refractivity contribution in [2.24, 2.45) is 0 Å².